The number of aryl methyl sites for hydroxylation is 2. The SMILES string of the molecule is CCn1nc(-c2cccnc2)nc1-c1ccc([N+](=O)[O-])c(C)c1. The fraction of sp³-hybridized carbons (Fsp3) is 0.188. The molecular weight excluding hydrogens is 294 g/mol. The number of hydrogen-bond acceptors (Lipinski definition) is 5. The van der Waals surface area contributed by atoms with Gasteiger partial charge >= 0.3 is 0 Å². The highest BCUT2D eigenvalue weighted by molar-refractivity contribution is 5.63. The number of hydrogen-bond donors (Lipinski definition) is 0. The van der Waals surface area contributed by atoms with Crippen molar-refractivity contribution < 1.29 is 4.92 Å². The Kier molecular flexibility index (Phi) is 3.84. The molecule has 3 rings (SSSR count). The number of nitrogens with zero attached hydrogens (tertiary/aromatic N) is 5. The van der Waals surface area contributed by atoms with Crippen LogP contribution in [0.1, 0.15) is 12.5 Å². The highest BCUT2D eigenvalue weighted by Crippen LogP contribution is 2.26. The van der Waals surface area contributed by atoms with Crippen LogP contribution in [-0.4, -0.2) is 24.7 Å². The largest absolute Gasteiger partial charge is 0.272 e. The number of nitro benzene ring substituents is 1. The summed E-state index contributed by atoms with van der Waals surface area (Å²) in [6.45, 7) is 4.35. The molecule has 7 nitrogen and oxygen atoms in total. The van der Waals surface area contributed by atoms with Crippen LogP contribution in [0.5, 0.6) is 0 Å². The highest BCUT2D eigenvalue weighted by atomic mass is 16.6. The Bertz CT molecular complexity index is 858. The Hall–Kier alpha value is -3.09. The van der Waals surface area contributed by atoms with Gasteiger partial charge in [0, 0.05) is 41.7 Å². The normalized spacial score (nSPS) is 10.7. The van der Waals surface area contributed by atoms with Gasteiger partial charge in [-0.15, -0.1) is 0 Å². The first-order valence-corrected chi connectivity index (χ1v) is 7.20. The minimum atomic E-state index is -0.384. The van der Waals surface area contributed by atoms with E-state index in [9.17, 15) is 10.1 Å². The molecule has 0 aliphatic carbocycles. The van der Waals surface area contributed by atoms with Crippen molar-refractivity contribution in [2.75, 3.05) is 0 Å². The second-order valence-corrected chi connectivity index (χ2v) is 5.07. The monoisotopic (exact) mass is 309 g/mol. The molecule has 2 heterocycles. The molecule has 7 heteroatoms. The van der Waals surface area contributed by atoms with Crippen molar-refractivity contribution in [2.24, 2.45) is 0 Å². The fourth-order valence-corrected chi connectivity index (χ4v) is 2.39. The quantitative estimate of drug-likeness (QED) is 0.545. The number of nitro groups is 1. The standard InChI is InChI=1S/C16H15N5O2/c1-3-20-16(12-6-7-14(21(22)23)11(2)9-12)18-15(19-20)13-5-4-8-17-10-13/h4-10H,3H2,1-2H3. The molecule has 0 atom stereocenters. The molecule has 3 aromatic rings. The summed E-state index contributed by atoms with van der Waals surface area (Å²) in [7, 11) is 0. The minimum Gasteiger partial charge on any atom is -0.264 e. The Morgan fingerprint density at radius 1 is 1.26 bits per heavy atom. The lowest BCUT2D eigenvalue weighted by Crippen LogP contribution is -2.00. The predicted molar refractivity (Wildman–Crippen MR) is 85.8 cm³/mol. The Morgan fingerprint density at radius 3 is 2.70 bits per heavy atom. The molecule has 116 valence electrons. The third kappa shape index (κ3) is 2.80. The van der Waals surface area contributed by atoms with Gasteiger partial charge in [-0.1, -0.05) is 0 Å². The maximum Gasteiger partial charge on any atom is 0.272 e. The summed E-state index contributed by atoms with van der Waals surface area (Å²) in [4.78, 5) is 19.2. The lowest BCUT2D eigenvalue weighted by molar-refractivity contribution is -0.385. The predicted octanol–water partition coefficient (Wildman–Crippen LogP) is 3.24. The maximum atomic E-state index is 10.9. The van der Waals surface area contributed by atoms with Crippen LogP contribution >= 0.6 is 0 Å². The van der Waals surface area contributed by atoms with Crippen LogP contribution in [-0.2, 0) is 6.54 Å². The number of benzene rings is 1. The summed E-state index contributed by atoms with van der Waals surface area (Å²) in [5.41, 5.74) is 2.34. The zero-order chi connectivity index (χ0) is 16.4. The fourth-order valence-electron chi connectivity index (χ4n) is 2.39. The topological polar surface area (TPSA) is 86.7 Å². The van der Waals surface area contributed by atoms with Gasteiger partial charge in [0.15, 0.2) is 11.6 Å². The molecule has 0 N–H and O–H groups in total. The smallest absolute Gasteiger partial charge is 0.264 e. The summed E-state index contributed by atoms with van der Waals surface area (Å²) in [5, 5.41) is 15.4. The van der Waals surface area contributed by atoms with Crippen molar-refractivity contribution in [3.63, 3.8) is 0 Å². The average molecular weight is 309 g/mol. The van der Waals surface area contributed by atoms with E-state index in [4.69, 9.17) is 0 Å². The van der Waals surface area contributed by atoms with E-state index in [0.29, 0.717) is 23.8 Å². The van der Waals surface area contributed by atoms with Gasteiger partial charge < -0.3 is 0 Å². The molecule has 0 saturated carbocycles. The first-order chi connectivity index (χ1) is 11.1. The van der Waals surface area contributed by atoms with Crippen LogP contribution in [0.4, 0.5) is 5.69 Å². The Labute approximate surface area is 132 Å². The van der Waals surface area contributed by atoms with Crippen molar-refractivity contribution in [3.8, 4) is 22.8 Å². The first kappa shape index (κ1) is 14.8. The Balaban J connectivity index is 2.08. The summed E-state index contributed by atoms with van der Waals surface area (Å²) in [6.07, 6.45) is 3.40. The van der Waals surface area contributed by atoms with E-state index in [0.717, 1.165) is 11.1 Å². The van der Waals surface area contributed by atoms with Crippen molar-refractivity contribution in [1.29, 1.82) is 0 Å². The van der Waals surface area contributed by atoms with Gasteiger partial charge in [-0.05, 0) is 38.1 Å². The lowest BCUT2D eigenvalue weighted by Gasteiger charge is -2.04. The van der Waals surface area contributed by atoms with Gasteiger partial charge in [0.1, 0.15) is 0 Å². The molecular formula is C16H15N5O2. The van der Waals surface area contributed by atoms with E-state index in [1.54, 1.807) is 36.1 Å². The molecule has 0 spiro atoms. The van der Waals surface area contributed by atoms with Crippen molar-refractivity contribution >= 4 is 5.69 Å². The molecule has 0 amide bonds. The van der Waals surface area contributed by atoms with Crippen LogP contribution in [0.25, 0.3) is 22.8 Å². The molecule has 1 aromatic carbocycles. The molecule has 0 fully saturated rings. The van der Waals surface area contributed by atoms with E-state index < -0.39 is 0 Å². The second kappa shape index (κ2) is 5.96. The first-order valence-electron chi connectivity index (χ1n) is 7.20. The molecule has 0 radical (unpaired) electrons. The van der Waals surface area contributed by atoms with E-state index in [1.807, 2.05) is 19.1 Å². The third-order valence-electron chi connectivity index (χ3n) is 3.54. The zero-order valence-electron chi connectivity index (χ0n) is 12.8. The van der Waals surface area contributed by atoms with Crippen molar-refractivity contribution in [1.82, 2.24) is 19.7 Å². The second-order valence-electron chi connectivity index (χ2n) is 5.07. The average Bonchev–Trinajstić information content (AvgIpc) is 2.99. The minimum absolute atomic E-state index is 0.101. The zero-order valence-corrected chi connectivity index (χ0v) is 12.8. The molecule has 2 aromatic heterocycles. The van der Waals surface area contributed by atoms with Gasteiger partial charge in [0.25, 0.3) is 5.69 Å². The molecule has 0 bridgehead atoms. The molecule has 23 heavy (non-hydrogen) atoms. The van der Waals surface area contributed by atoms with E-state index in [2.05, 4.69) is 15.1 Å². The summed E-state index contributed by atoms with van der Waals surface area (Å²) < 4.78 is 1.78. The maximum absolute atomic E-state index is 10.9. The molecule has 0 aliphatic heterocycles. The van der Waals surface area contributed by atoms with Crippen LogP contribution < -0.4 is 0 Å². The van der Waals surface area contributed by atoms with E-state index in [1.165, 1.54) is 6.07 Å². The van der Waals surface area contributed by atoms with Crippen LogP contribution in [0, 0.1) is 17.0 Å². The van der Waals surface area contributed by atoms with Crippen molar-refractivity contribution in [2.45, 2.75) is 20.4 Å². The third-order valence-corrected chi connectivity index (χ3v) is 3.54. The van der Waals surface area contributed by atoms with Crippen LogP contribution in [0.2, 0.25) is 0 Å². The number of pyridine rings is 1. The highest BCUT2D eigenvalue weighted by Gasteiger charge is 2.16. The summed E-state index contributed by atoms with van der Waals surface area (Å²) >= 11 is 0. The molecule has 0 saturated heterocycles. The van der Waals surface area contributed by atoms with E-state index >= 15 is 0 Å². The van der Waals surface area contributed by atoms with Gasteiger partial charge in [-0.25, -0.2) is 9.67 Å². The van der Waals surface area contributed by atoms with Gasteiger partial charge in [-0.2, -0.15) is 5.10 Å². The molecule has 0 aliphatic rings. The summed E-state index contributed by atoms with van der Waals surface area (Å²) in [6, 6.07) is 8.70. The van der Waals surface area contributed by atoms with Crippen LogP contribution in [0.15, 0.2) is 42.7 Å². The van der Waals surface area contributed by atoms with Crippen molar-refractivity contribution in [3.05, 3.63) is 58.4 Å². The van der Waals surface area contributed by atoms with Gasteiger partial charge in [0.05, 0.1) is 4.92 Å². The van der Waals surface area contributed by atoms with E-state index in [-0.39, 0.29) is 10.6 Å². The Morgan fingerprint density at radius 2 is 2.09 bits per heavy atom. The number of rotatable bonds is 4. The summed E-state index contributed by atoms with van der Waals surface area (Å²) in [5.74, 6) is 1.27. The number of aromatic nitrogens is 4. The lowest BCUT2D eigenvalue weighted by atomic mass is 10.1. The van der Waals surface area contributed by atoms with Gasteiger partial charge in [-0.3, -0.25) is 15.1 Å². The van der Waals surface area contributed by atoms with Crippen LogP contribution in [0.3, 0.4) is 0 Å². The molecule has 0 unspecified atom stereocenters. The van der Waals surface area contributed by atoms with Gasteiger partial charge in [0.2, 0.25) is 0 Å².